The Morgan fingerprint density at radius 1 is 1.64 bits per heavy atom. The Morgan fingerprint density at radius 2 is 2.43 bits per heavy atom. The van der Waals surface area contributed by atoms with Gasteiger partial charge in [-0.15, -0.1) is 10.2 Å². The number of nitrogens with zero attached hydrogens (tertiary/aromatic N) is 5. The van der Waals surface area contributed by atoms with Crippen molar-refractivity contribution in [2.24, 2.45) is 7.05 Å². The van der Waals surface area contributed by atoms with E-state index < -0.39 is 4.92 Å². The molecule has 8 nitrogen and oxygen atoms in total. The summed E-state index contributed by atoms with van der Waals surface area (Å²) in [5, 5.41) is 21.4. The molecule has 0 aromatic carbocycles. The van der Waals surface area contributed by atoms with Crippen LogP contribution in [0.2, 0.25) is 0 Å². The van der Waals surface area contributed by atoms with Crippen molar-refractivity contribution >= 4 is 5.69 Å². The zero-order chi connectivity index (χ0) is 10.1. The van der Waals surface area contributed by atoms with E-state index in [1.54, 1.807) is 7.05 Å². The first-order valence-corrected chi connectivity index (χ1v) is 3.63. The van der Waals surface area contributed by atoms with Gasteiger partial charge in [0.05, 0.1) is 4.92 Å². The lowest BCUT2D eigenvalue weighted by Gasteiger charge is -1.86. The van der Waals surface area contributed by atoms with Gasteiger partial charge in [-0.1, -0.05) is 0 Å². The van der Waals surface area contributed by atoms with Crippen molar-refractivity contribution in [2.45, 2.75) is 0 Å². The normalized spacial score (nSPS) is 10.4. The van der Waals surface area contributed by atoms with Crippen molar-refractivity contribution in [1.82, 2.24) is 20.0 Å². The van der Waals surface area contributed by atoms with Crippen LogP contribution in [0, 0.1) is 10.1 Å². The second-order valence-corrected chi connectivity index (χ2v) is 2.54. The van der Waals surface area contributed by atoms with Gasteiger partial charge in [0.25, 0.3) is 5.89 Å². The topological polar surface area (TPSA) is 99.9 Å². The first kappa shape index (κ1) is 8.35. The molecule has 0 fully saturated rings. The molecule has 0 aliphatic heterocycles. The van der Waals surface area contributed by atoms with Crippen LogP contribution in [0.1, 0.15) is 0 Å². The molecule has 0 N–H and O–H groups in total. The number of rotatable bonds is 2. The summed E-state index contributed by atoms with van der Waals surface area (Å²) in [6.45, 7) is 0. The molecule has 72 valence electrons. The van der Waals surface area contributed by atoms with Crippen LogP contribution >= 0.6 is 0 Å². The molecule has 8 heteroatoms. The van der Waals surface area contributed by atoms with Crippen LogP contribution in [0.5, 0.6) is 0 Å². The summed E-state index contributed by atoms with van der Waals surface area (Å²) in [6.07, 6.45) is 2.37. The van der Waals surface area contributed by atoms with E-state index in [9.17, 15) is 10.1 Å². The van der Waals surface area contributed by atoms with Gasteiger partial charge >= 0.3 is 5.69 Å². The standard InChI is InChI=1S/C6H5N5O3/c1-10-2-4(11(12)13)5(9-10)6-8-7-3-14-6/h2-3H,1H3. The van der Waals surface area contributed by atoms with Gasteiger partial charge in [-0.25, -0.2) is 0 Å². The van der Waals surface area contributed by atoms with Crippen LogP contribution in [-0.4, -0.2) is 24.9 Å². The van der Waals surface area contributed by atoms with E-state index >= 15 is 0 Å². The molecule has 0 amide bonds. The van der Waals surface area contributed by atoms with Crippen LogP contribution in [0.15, 0.2) is 17.0 Å². The van der Waals surface area contributed by atoms with Crippen molar-refractivity contribution < 1.29 is 9.34 Å². The minimum atomic E-state index is -0.549. The maximum atomic E-state index is 10.6. The summed E-state index contributed by atoms with van der Waals surface area (Å²) in [5.41, 5.74) is -0.0771. The van der Waals surface area contributed by atoms with Gasteiger partial charge in [-0.3, -0.25) is 14.8 Å². The smallest absolute Gasteiger partial charge is 0.320 e. The largest absolute Gasteiger partial charge is 0.422 e. The molecule has 0 unspecified atom stereocenters. The highest BCUT2D eigenvalue weighted by molar-refractivity contribution is 5.60. The number of hydrogen-bond donors (Lipinski definition) is 0. The van der Waals surface area contributed by atoms with Crippen LogP contribution < -0.4 is 0 Å². The van der Waals surface area contributed by atoms with Crippen LogP contribution in [0.25, 0.3) is 11.6 Å². The Hall–Kier alpha value is -2.25. The fourth-order valence-corrected chi connectivity index (χ4v) is 1.04. The lowest BCUT2D eigenvalue weighted by molar-refractivity contribution is -0.384. The summed E-state index contributed by atoms with van der Waals surface area (Å²) in [7, 11) is 1.58. The fourth-order valence-electron chi connectivity index (χ4n) is 1.04. The molecule has 0 radical (unpaired) electrons. The van der Waals surface area contributed by atoms with E-state index in [1.807, 2.05) is 0 Å². The molecule has 0 saturated carbocycles. The minimum absolute atomic E-state index is 0.0392. The van der Waals surface area contributed by atoms with E-state index in [2.05, 4.69) is 15.3 Å². The average molecular weight is 195 g/mol. The van der Waals surface area contributed by atoms with Gasteiger partial charge in [0.1, 0.15) is 6.20 Å². The lowest BCUT2D eigenvalue weighted by Crippen LogP contribution is -1.89. The van der Waals surface area contributed by atoms with Gasteiger partial charge in [0.15, 0.2) is 0 Å². The minimum Gasteiger partial charge on any atom is -0.422 e. The Morgan fingerprint density at radius 3 is 3.00 bits per heavy atom. The molecule has 2 aromatic rings. The van der Waals surface area contributed by atoms with Crippen molar-refractivity contribution in [2.75, 3.05) is 0 Å². The summed E-state index contributed by atoms with van der Waals surface area (Å²) in [6, 6.07) is 0. The second-order valence-electron chi connectivity index (χ2n) is 2.54. The lowest BCUT2D eigenvalue weighted by atomic mass is 10.4. The van der Waals surface area contributed by atoms with Crippen LogP contribution in [0.3, 0.4) is 0 Å². The van der Waals surface area contributed by atoms with E-state index in [0.717, 1.165) is 6.39 Å². The van der Waals surface area contributed by atoms with E-state index in [0.29, 0.717) is 0 Å². The summed E-state index contributed by atoms with van der Waals surface area (Å²) in [5.74, 6) is 0.0392. The Labute approximate surface area is 77.3 Å². The first-order chi connectivity index (χ1) is 6.68. The predicted octanol–water partition coefficient (Wildman–Crippen LogP) is 0.378. The summed E-state index contributed by atoms with van der Waals surface area (Å²) in [4.78, 5) is 10.0. The van der Waals surface area contributed by atoms with E-state index in [4.69, 9.17) is 4.42 Å². The molecule has 0 aliphatic carbocycles. The third-order valence-corrected chi connectivity index (χ3v) is 1.57. The third kappa shape index (κ3) is 1.22. The molecular weight excluding hydrogens is 190 g/mol. The monoisotopic (exact) mass is 195 g/mol. The molecule has 2 rings (SSSR count). The molecule has 0 atom stereocenters. The molecule has 0 saturated heterocycles. The van der Waals surface area contributed by atoms with Gasteiger partial charge < -0.3 is 4.42 Å². The number of aromatic nitrogens is 4. The first-order valence-electron chi connectivity index (χ1n) is 3.63. The van der Waals surface area contributed by atoms with Crippen molar-refractivity contribution in [1.29, 1.82) is 0 Å². The number of nitro groups is 1. The van der Waals surface area contributed by atoms with Crippen LogP contribution in [-0.2, 0) is 7.05 Å². The van der Waals surface area contributed by atoms with Gasteiger partial charge in [-0.05, 0) is 0 Å². The molecular formula is C6H5N5O3. The highest BCUT2D eigenvalue weighted by atomic mass is 16.6. The molecule has 14 heavy (non-hydrogen) atoms. The fraction of sp³-hybridized carbons (Fsp3) is 0.167. The average Bonchev–Trinajstić information content (AvgIpc) is 2.70. The quantitative estimate of drug-likeness (QED) is 0.507. The molecule has 2 aromatic heterocycles. The highest BCUT2D eigenvalue weighted by Crippen LogP contribution is 2.25. The number of hydrogen-bond acceptors (Lipinski definition) is 6. The third-order valence-electron chi connectivity index (χ3n) is 1.57. The van der Waals surface area contributed by atoms with Gasteiger partial charge in [-0.2, -0.15) is 5.10 Å². The summed E-state index contributed by atoms with van der Waals surface area (Å²) >= 11 is 0. The Bertz CT molecular complexity index is 460. The Balaban J connectivity index is 2.58. The molecule has 0 aliphatic rings. The Kier molecular flexibility index (Phi) is 1.73. The SMILES string of the molecule is Cn1cc([N+](=O)[O-])c(-c2nnco2)n1. The van der Waals surface area contributed by atoms with E-state index in [-0.39, 0.29) is 17.3 Å². The van der Waals surface area contributed by atoms with Crippen molar-refractivity contribution in [3.05, 3.63) is 22.7 Å². The van der Waals surface area contributed by atoms with Gasteiger partial charge in [0.2, 0.25) is 12.1 Å². The second kappa shape index (κ2) is 2.91. The predicted molar refractivity (Wildman–Crippen MR) is 43.2 cm³/mol. The van der Waals surface area contributed by atoms with Crippen LogP contribution in [0.4, 0.5) is 5.69 Å². The molecule has 0 bridgehead atoms. The van der Waals surface area contributed by atoms with Crippen molar-refractivity contribution in [3.63, 3.8) is 0 Å². The summed E-state index contributed by atoms with van der Waals surface area (Å²) < 4.78 is 6.14. The zero-order valence-electron chi connectivity index (χ0n) is 7.12. The maximum absolute atomic E-state index is 10.6. The molecule has 0 spiro atoms. The zero-order valence-corrected chi connectivity index (χ0v) is 7.12. The molecule has 2 heterocycles. The highest BCUT2D eigenvalue weighted by Gasteiger charge is 2.23. The van der Waals surface area contributed by atoms with Crippen molar-refractivity contribution in [3.8, 4) is 11.6 Å². The van der Waals surface area contributed by atoms with E-state index in [1.165, 1.54) is 10.9 Å². The maximum Gasteiger partial charge on any atom is 0.320 e. The van der Waals surface area contributed by atoms with Gasteiger partial charge in [0, 0.05) is 7.05 Å². The number of aryl methyl sites for hydroxylation is 1.